The number of hydrogen-bond donors (Lipinski definition) is 3. The van der Waals surface area contributed by atoms with Gasteiger partial charge in [0.15, 0.2) is 5.69 Å². The molecule has 1 aromatic carbocycles. The molecule has 9 heteroatoms. The number of halogens is 3. The van der Waals surface area contributed by atoms with E-state index in [9.17, 15) is 4.79 Å². The first-order valence-electron chi connectivity index (χ1n) is 6.02. The Hall–Kier alpha value is -2.02. The molecule has 0 bridgehead atoms. The van der Waals surface area contributed by atoms with Crippen LogP contribution in [-0.2, 0) is 0 Å². The van der Waals surface area contributed by atoms with Crippen LogP contribution in [0.15, 0.2) is 24.4 Å². The highest BCUT2D eigenvalue weighted by molar-refractivity contribution is 6.40. The fourth-order valence-corrected chi connectivity index (χ4v) is 2.57. The molecule has 0 aliphatic heterocycles. The Bertz CT molecular complexity index is 893. The number of nitrogen functional groups attached to an aromatic ring is 1. The smallest absolute Gasteiger partial charge is 0.275 e. The molecule has 0 aliphatic rings. The Morgan fingerprint density at radius 3 is 2.77 bits per heavy atom. The van der Waals surface area contributed by atoms with Crippen molar-refractivity contribution >= 4 is 63.0 Å². The average molecular weight is 357 g/mol. The number of pyridine rings is 1. The van der Waals surface area contributed by atoms with E-state index in [1.165, 1.54) is 6.07 Å². The van der Waals surface area contributed by atoms with Crippen LogP contribution in [0.4, 0.5) is 11.4 Å². The van der Waals surface area contributed by atoms with Crippen molar-refractivity contribution in [2.75, 3.05) is 11.1 Å². The molecule has 0 saturated heterocycles. The molecule has 0 fully saturated rings. The summed E-state index contributed by atoms with van der Waals surface area (Å²) in [4.78, 5) is 16.2. The molecule has 3 rings (SSSR count). The number of nitrogens with zero attached hydrogens (tertiary/aromatic N) is 2. The van der Waals surface area contributed by atoms with Crippen LogP contribution >= 0.6 is 34.8 Å². The highest BCUT2D eigenvalue weighted by atomic mass is 35.5. The van der Waals surface area contributed by atoms with Gasteiger partial charge < -0.3 is 11.1 Å². The van der Waals surface area contributed by atoms with Crippen LogP contribution in [0.2, 0.25) is 15.2 Å². The molecule has 4 N–H and O–H groups in total. The van der Waals surface area contributed by atoms with E-state index in [4.69, 9.17) is 40.5 Å². The zero-order valence-corrected chi connectivity index (χ0v) is 13.1. The van der Waals surface area contributed by atoms with Gasteiger partial charge in [0.05, 0.1) is 33.1 Å². The van der Waals surface area contributed by atoms with Crippen molar-refractivity contribution in [2.45, 2.75) is 0 Å². The van der Waals surface area contributed by atoms with E-state index in [-0.39, 0.29) is 21.6 Å². The van der Waals surface area contributed by atoms with Gasteiger partial charge in [-0.3, -0.25) is 9.89 Å². The number of amides is 1. The van der Waals surface area contributed by atoms with Gasteiger partial charge in [0, 0.05) is 5.39 Å². The SMILES string of the molecule is Nc1cc(Cl)nc(C(=O)Nc2ccc3[nH]ncc3c2Cl)c1Cl. The first-order chi connectivity index (χ1) is 10.5. The third-order valence-corrected chi connectivity index (χ3v) is 3.97. The summed E-state index contributed by atoms with van der Waals surface area (Å²) in [5.74, 6) is -0.566. The number of fused-ring (bicyclic) bond motifs is 1. The number of benzene rings is 1. The van der Waals surface area contributed by atoms with E-state index in [1.54, 1.807) is 18.3 Å². The maximum Gasteiger partial charge on any atom is 0.275 e. The second-order valence-corrected chi connectivity index (χ2v) is 5.55. The number of aromatic amines is 1. The highest BCUT2D eigenvalue weighted by Crippen LogP contribution is 2.31. The van der Waals surface area contributed by atoms with E-state index < -0.39 is 5.91 Å². The van der Waals surface area contributed by atoms with Crippen LogP contribution in [0, 0.1) is 0 Å². The first-order valence-corrected chi connectivity index (χ1v) is 7.15. The quantitative estimate of drug-likeness (QED) is 0.609. The minimum absolute atomic E-state index is 0.0300. The van der Waals surface area contributed by atoms with Crippen LogP contribution in [0.5, 0.6) is 0 Å². The number of hydrogen-bond acceptors (Lipinski definition) is 4. The summed E-state index contributed by atoms with van der Waals surface area (Å²) in [6, 6.07) is 4.75. The number of nitrogens with one attached hydrogen (secondary N) is 2. The number of H-pyrrole nitrogens is 1. The van der Waals surface area contributed by atoms with Gasteiger partial charge >= 0.3 is 0 Å². The molecule has 0 saturated carbocycles. The van der Waals surface area contributed by atoms with Crippen LogP contribution in [0.3, 0.4) is 0 Å². The van der Waals surface area contributed by atoms with Crippen LogP contribution < -0.4 is 11.1 Å². The Morgan fingerprint density at radius 2 is 2.00 bits per heavy atom. The molecular formula is C13H8Cl3N5O. The zero-order chi connectivity index (χ0) is 15.9. The van der Waals surface area contributed by atoms with Gasteiger partial charge in [0.1, 0.15) is 5.15 Å². The second-order valence-electron chi connectivity index (χ2n) is 4.41. The molecule has 112 valence electrons. The van der Waals surface area contributed by atoms with Gasteiger partial charge in [0.25, 0.3) is 5.91 Å². The lowest BCUT2D eigenvalue weighted by Crippen LogP contribution is -2.15. The van der Waals surface area contributed by atoms with Crippen molar-refractivity contribution in [1.29, 1.82) is 0 Å². The Labute approximate surface area is 139 Å². The Balaban J connectivity index is 1.98. The number of anilines is 2. The van der Waals surface area contributed by atoms with Crippen molar-refractivity contribution in [3.63, 3.8) is 0 Å². The van der Waals surface area contributed by atoms with Crippen molar-refractivity contribution in [1.82, 2.24) is 15.2 Å². The maximum atomic E-state index is 12.3. The molecule has 6 nitrogen and oxygen atoms in total. The lowest BCUT2D eigenvalue weighted by atomic mass is 10.2. The number of rotatable bonds is 2. The van der Waals surface area contributed by atoms with Crippen LogP contribution in [0.1, 0.15) is 10.5 Å². The Kier molecular flexibility index (Phi) is 3.82. The van der Waals surface area contributed by atoms with Gasteiger partial charge in [0.2, 0.25) is 0 Å². The fraction of sp³-hybridized carbons (Fsp3) is 0. The molecular weight excluding hydrogens is 349 g/mol. The van der Waals surface area contributed by atoms with Gasteiger partial charge in [-0.15, -0.1) is 0 Å². The highest BCUT2D eigenvalue weighted by Gasteiger charge is 2.18. The molecule has 0 atom stereocenters. The lowest BCUT2D eigenvalue weighted by molar-refractivity contribution is 0.102. The molecule has 2 heterocycles. The predicted molar refractivity (Wildman–Crippen MR) is 87.7 cm³/mol. The van der Waals surface area contributed by atoms with Gasteiger partial charge in [-0.1, -0.05) is 34.8 Å². The zero-order valence-electron chi connectivity index (χ0n) is 10.8. The molecule has 0 unspecified atom stereocenters. The average Bonchev–Trinajstić information content (AvgIpc) is 2.95. The van der Waals surface area contributed by atoms with E-state index in [0.29, 0.717) is 16.1 Å². The van der Waals surface area contributed by atoms with Crippen molar-refractivity contribution in [2.24, 2.45) is 0 Å². The topological polar surface area (TPSA) is 96.7 Å². The van der Waals surface area contributed by atoms with Gasteiger partial charge in [-0.2, -0.15) is 5.10 Å². The number of carbonyl (C=O) groups is 1. The van der Waals surface area contributed by atoms with Crippen molar-refractivity contribution < 1.29 is 4.79 Å². The molecule has 2 aromatic heterocycles. The van der Waals surface area contributed by atoms with Crippen molar-refractivity contribution in [3.8, 4) is 0 Å². The number of aromatic nitrogens is 3. The third kappa shape index (κ3) is 2.56. The first kappa shape index (κ1) is 14.9. The fourth-order valence-electron chi connectivity index (χ4n) is 1.93. The molecule has 1 amide bonds. The summed E-state index contributed by atoms with van der Waals surface area (Å²) < 4.78 is 0. The summed E-state index contributed by atoms with van der Waals surface area (Å²) in [5.41, 5.74) is 6.92. The minimum Gasteiger partial charge on any atom is -0.397 e. The lowest BCUT2D eigenvalue weighted by Gasteiger charge is -2.09. The number of nitrogens with two attached hydrogens (primary N) is 1. The van der Waals surface area contributed by atoms with E-state index in [2.05, 4.69) is 20.5 Å². The second kappa shape index (κ2) is 5.64. The number of carbonyl (C=O) groups excluding carboxylic acids is 1. The summed E-state index contributed by atoms with van der Waals surface area (Å²) >= 11 is 18.0. The largest absolute Gasteiger partial charge is 0.397 e. The minimum atomic E-state index is -0.566. The van der Waals surface area contributed by atoms with Gasteiger partial charge in [-0.25, -0.2) is 4.98 Å². The molecule has 0 aliphatic carbocycles. The van der Waals surface area contributed by atoms with Gasteiger partial charge in [-0.05, 0) is 18.2 Å². The normalized spacial score (nSPS) is 10.9. The van der Waals surface area contributed by atoms with E-state index >= 15 is 0 Å². The monoisotopic (exact) mass is 355 g/mol. The van der Waals surface area contributed by atoms with Crippen molar-refractivity contribution in [3.05, 3.63) is 45.3 Å². The maximum absolute atomic E-state index is 12.3. The molecule has 0 radical (unpaired) electrons. The summed E-state index contributed by atoms with van der Waals surface area (Å²) in [5, 5.41) is 10.4. The van der Waals surface area contributed by atoms with E-state index in [0.717, 1.165) is 5.52 Å². The molecule has 0 spiro atoms. The van der Waals surface area contributed by atoms with Crippen LogP contribution in [-0.4, -0.2) is 21.1 Å². The Morgan fingerprint density at radius 1 is 1.23 bits per heavy atom. The summed E-state index contributed by atoms with van der Waals surface area (Å²) in [7, 11) is 0. The molecule has 3 aromatic rings. The predicted octanol–water partition coefficient (Wildman–Crippen LogP) is 3.75. The third-order valence-electron chi connectivity index (χ3n) is 2.98. The van der Waals surface area contributed by atoms with Crippen LogP contribution in [0.25, 0.3) is 10.9 Å². The summed E-state index contributed by atoms with van der Waals surface area (Å²) in [6.07, 6.45) is 1.57. The molecule has 22 heavy (non-hydrogen) atoms. The standard InChI is InChI=1S/C13H8Cl3N5O/c14-9-3-6(17)11(16)12(20-9)13(22)19-8-2-1-7-5(10(8)15)4-18-21-7/h1-4H,(H2,17,20)(H,18,21)(H,19,22). The summed E-state index contributed by atoms with van der Waals surface area (Å²) in [6.45, 7) is 0. The van der Waals surface area contributed by atoms with E-state index in [1.807, 2.05) is 0 Å².